The zero-order valence-electron chi connectivity index (χ0n) is 18.4. The molecule has 2 aliphatic heterocycles. The molecule has 0 bridgehead atoms. The van der Waals surface area contributed by atoms with Crippen LogP contribution in [-0.4, -0.2) is 101 Å². The van der Waals surface area contributed by atoms with Crippen LogP contribution in [0.15, 0.2) is 16.4 Å². The van der Waals surface area contributed by atoms with E-state index >= 15 is 0 Å². The summed E-state index contributed by atoms with van der Waals surface area (Å²) in [4.78, 5) is 49.1. The van der Waals surface area contributed by atoms with Gasteiger partial charge in [-0.05, 0) is 16.0 Å². The van der Waals surface area contributed by atoms with E-state index in [1.54, 1.807) is 7.05 Å². The molecule has 0 spiro atoms. The monoisotopic (exact) mass is 541 g/mol. The smallest absolute Gasteiger partial charge is 0.543 e. The van der Waals surface area contributed by atoms with Crippen molar-refractivity contribution in [2.75, 3.05) is 30.1 Å². The first-order chi connectivity index (χ1) is 15.6. The molecule has 1 aromatic heterocycles. The molecule has 0 aromatic carbocycles. The number of aliphatic carboxylic acids is 2. The fourth-order valence-corrected chi connectivity index (χ4v) is 6.33. The molecule has 4 N–H and O–H groups in total. The molecule has 1 aromatic rings. The van der Waals surface area contributed by atoms with Crippen molar-refractivity contribution in [2.45, 2.75) is 22.3 Å². The SMILES string of the molecule is CO[C@@]1(NC(=O)CSC[C@@H](N)C(=O)O)C(=O)N2C(C(=O)[O-])=C(CSc3nnnn3C)CS[C@@H]21.[Na+]. The van der Waals surface area contributed by atoms with Crippen LogP contribution in [0.2, 0.25) is 0 Å². The van der Waals surface area contributed by atoms with Gasteiger partial charge in [0.25, 0.3) is 11.6 Å². The van der Waals surface area contributed by atoms with E-state index in [2.05, 4.69) is 20.8 Å². The minimum Gasteiger partial charge on any atom is -0.543 e. The van der Waals surface area contributed by atoms with Gasteiger partial charge >= 0.3 is 35.5 Å². The molecule has 0 saturated carbocycles. The Labute approximate surface area is 228 Å². The summed E-state index contributed by atoms with van der Waals surface area (Å²) in [5.74, 6) is -3.73. The molecule has 18 heteroatoms. The van der Waals surface area contributed by atoms with Crippen molar-refractivity contribution in [1.82, 2.24) is 30.4 Å². The van der Waals surface area contributed by atoms with E-state index < -0.39 is 40.9 Å². The zero-order chi connectivity index (χ0) is 24.3. The maximum Gasteiger partial charge on any atom is 1.00 e. The van der Waals surface area contributed by atoms with Gasteiger partial charge in [-0.3, -0.25) is 19.3 Å². The largest absolute Gasteiger partial charge is 1.00 e. The summed E-state index contributed by atoms with van der Waals surface area (Å²) in [5, 5.41) is 33.9. The molecule has 34 heavy (non-hydrogen) atoms. The number of carbonyl (C=O) groups is 4. The molecular weight excluding hydrogens is 521 g/mol. The normalized spacial score (nSPS) is 22.4. The van der Waals surface area contributed by atoms with Crippen molar-refractivity contribution in [3.05, 3.63) is 11.3 Å². The molecule has 3 heterocycles. The summed E-state index contributed by atoms with van der Waals surface area (Å²) in [6.07, 6.45) is 0. The number of fused-ring (bicyclic) bond motifs is 1. The number of aromatic nitrogens is 4. The number of thioether (sulfide) groups is 3. The second-order valence-corrected chi connectivity index (χ2v) is 9.94. The van der Waals surface area contributed by atoms with Crippen LogP contribution in [0.3, 0.4) is 0 Å². The van der Waals surface area contributed by atoms with Crippen LogP contribution in [0.25, 0.3) is 0 Å². The first-order valence-electron chi connectivity index (χ1n) is 9.28. The van der Waals surface area contributed by atoms with Crippen LogP contribution >= 0.6 is 35.3 Å². The van der Waals surface area contributed by atoms with Crippen LogP contribution in [-0.2, 0) is 31.0 Å². The van der Waals surface area contributed by atoms with Crippen LogP contribution in [0.5, 0.6) is 0 Å². The second kappa shape index (κ2) is 12.1. The van der Waals surface area contributed by atoms with Crippen LogP contribution in [0.1, 0.15) is 0 Å². The number of carboxylic acid groups (broad SMARTS) is 2. The Morgan fingerprint density at radius 2 is 2.18 bits per heavy atom. The van der Waals surface area contributed by atoms with Gasteiger partial charge in [0.05, 0.1) is 17.4 Å². The van der Waals surface area contributed by atoms with Gasteiger partial charge in [-0.15, -0.1) is 28.6 Å². The minimum absolute atomic E-state index is 0. The molecule has 180 valence electrons. The number of tetrazole rings is 1. The summed E-state index contributed by atoms with van der Waals surface area (Å²) in [5.41, 5.74) is 3.84. The van der Waals surface area contributed by atoms with Gasteiger partial charge in [0.2, 0.25) is 11.1 Å². The van der Waals surface area contributed by atoms with Gasteiger partial charge in [-0.1, -0.05) is 11.8 Å². The number of β-lactam (4-membered cyclic amide) rings is 1. The van der Waals surface area contributed by atoms with Crippen LogP contribution in [0.4, 0.5) is 0 Å². The van der Waals surface area contributed by atoms with Crippen molar-refractivity contribution < 1.29 is 63.7 Å². The van der Waals surface area contributed by atoms with Gasteiger partial charge < -0.3 is 30.8 Å². The average molecular weight is 542 g/mol. The first-order valence-corrected chi connectivity index (χ1v) is 12.5. The summed E-state index contributed by atoms with van der Waals surface area (Å²) in [6, 6.07) is -1.13. The van der Waals surface area contributed by atoms with Crippen LogP contribution in [0, 0.1) is 0 Å². The van der Waals surface area contributed by atoms with E-state index in [1.165, 1.54) is 35.3 Å². The number of nitrogens with zero attached hydrogens (tertiary/aromatic N) is 5. The number of methoxy groups -OCH3 is 1. The van der Waals surface area contributed by atoms with E-state index in [1.807, 2.05) is 0 Å². The fourth-order valence-electron chi connectivity index (χ4n) is 3.13. The topological polar surface area (TPSA) is 206 Å². The van der Waals surface area contributed by atoms with Crippen molar-refractivity contribution in [1.29, 1.82) is 0 Å². The first kappa shape index (κ1) is 28.9. The number of nitrogens with one attached hydrogen (secondary N) is 1. The number of hydrogen-bond donors (Lipinski definition) is 3. The Bertz CT molecular complexity index is 1010. The van der Waals surface area contributed by atoms with Crippen molar-refractivity contribution >= 4 is 59.0 Å². The number of nitrogens with two attached hydrogens (primary N) is 1. The molecule has 0 aliphatic carbocycles. The predicted molar refractivity (Wildman–Crippen MR) is 115 cm³/mol. The van der Waals surface area contributed by atoms with E-state index in [-0.39, 0.29) is 58.3 Å². The number of amides is 2. The quantitative estimate of drug-likeness (QED) is 0.103. The Morgan fingerprint density at radius 1 is 1.47 bits per heavy atom. The second-order valence-electron chi connectivity index (χ2n) is 6.90. The molecule has 3 atom stereocenters. The summed E-state index contributed by atoms with van der Waals surface area (Å²) in [7, 11) is 2.88. The van der Waals surface area contributed by atoms with Crippen molar-refractivity contribution in [3.63, 3.8) is 0 Å². The molecule has 2 aliphatic rings. The predicted octanol–water partition coefficient (Wildman–Crippen LogP) is -6.17. The number of ether oxygens (including phenoxy) is 1. The van der Waals surface area contributed by atoms with E-state index in [9.17, 15) is 24.3 Å². The van der Waals surface area contributed by atoms with Gasteiger partial charge in [0.1, 0.15) is 11.4 Å². The number of rotatable bonds is 11. The summed E-state index contributed by atoms with van der Waals surface area (Å²) >= 11 is 3.43. The zero-order valence-corrected chi connectivity index (χ0v) is 22.9. The van der Waals surface area contributed by atoms with E-state index in [0.717, 1.165) is 16.7 Å². The molecule has 2 amide bonds. The Kier molecular flexibility index (Phi) is 10.3. The molecule has 14 nitrogen and oxygen atoms in total. The summed E-state index contributed by atoms with van der Waals surface area (Å²) < 4.78 is 6.78. The summed E-state index contributed by atoms with van der Waals surface area (Å²) in [6.45, 7) is 0. The number of carbonyl (C=O) groups excluding carboxylic acids is 3. The molecule has 0 unspecified atom stereocenters. The fraction of sp³-hybridized carbons (Fsp3) is 0.562. The Morgan fingerprint density at radius 3 is 2.74 bits per heavy atom. The number of hydrogen-bond acceptors (Lipinski definition) is 13. The van der Waals surface area contributed by atoms with Gasteiger partial charge in [-0.25, -0.2) is 4.68 Å². The van der Waals surface area contributed by atoms with E-state index in [0.29, 0.717) is 10.7 Å². The molecule has 1 saturated heterocycles. The minimum atomic E-state index is -1.75. The Hall–Kier alpha value is -1.34. The Balaban J connectivity index is 0.00000408. The molecule has 1 fully saturated rings. The third-order valence-electron chi connectivity index (χ3n) is 4.75. The number of aryl methyl sites for hydroxylation is 1. The third kappa shape index (κ3) is 5.72. The van der Waals surface area contributed by atoms with Gasteiger partial charge in [-0.2, -0.15) is 0 Å². The molecular formula is C16H20N7NaO7S3. The van der Waals surface area contributed by atoms with Crippen LogP contribution < -0.4 is 45.7 Å². The third-order valence-corrected chi connectivity index (χ3v) is 8.29. The maximum atomic E-state index is 13.0. The molecule has 0 radical (unpaired) electrons. The van der Waals surface area contributed by atoms with Crippen molar-refractivity contribution in [3.8, 4) is 0 Å². The molecule has 3 rings (SSSR count). The maximum absolute atomic E-state index is 13.0. The number of carboxylic acids is 2. The van der Waals surface area contributed by atoms with Crippen molar-refractivity contribution in [2.24, 2.45) is 12.8 Å². The average Bonchev–Trinajstić information content (AvgIpc) is 3.19. The van der Waals surface area contributed by atoms with Gasteiger partial charge in [0.15, 0.2) is 0 Å². The standard InChI is InChI=1S/C16H21N7O7S3.Na/c1-22-15(19-20-21-22)33-4-7-3-32-14-16(30-2,13(29)23(14)10(7)12(27)28)18-9(24)6-31-5-8(17)11(25)26;/h8,14H,3-6,17H2,1-2H3,(H,18,24)(H,25,26)(H,27,28);/q;+1/p-1/t8-,14-,16+;/m1./s1. The van der Waals surface area contributed by atoms with E-state index in [4.69, 9.17) is 15.6 Å². The van der Waals surface area contributed by atoms with Gasteiger partial charge in [0, 0.05) is 31.4 Å².